The van der Waals surface area contributed by atoms with Crippen molar-refractivity contribution in [2.45, 2.75) is 51.2 Å². The summed E-state index contributed by atoms with van der Waals surface area (Å²) in [5.41, 5.74) is 1.95. The van der Waals surface area contributed by atoms with Crippen LogP contribution < -0.4 is 0 Å². The zero-order valence-electron chi connectivity index (χ0n) is 18.3. The maximum Gasteiger partial charge on any atom is 0.261 e. The molecule has 0 bridgehead atoms. The molecule has 2 aliphatic rings. The molecule has 7 heteroatoms. The van der Waals surface area contributed by atoms with Crippen molar-refractivity contribution in [1.29, 1.82) is 0 Å². The number of hydrogen-bond donors (Lipinski definition) is 0. The molecule has 0 atom stereocenters. The predicted octanol–water partition coefficient (Wildman–Crippen LogP) is 4.45. The maximum absolute atomic E-state index is 13.5. The van der Waals surface area contributed by atoms with Gasteiger partial charge in [0.1, 0.15) is 5.76 Å². The quantitative estimate of drug-likeness (QED) is 0.526. The number of carbonyl (C=O) groups is 3. The van der Waals surface area contributed by atoms with Crippen molar-refractivity contribution in [2.75, 3.05) is 0 Å². The van der Waals surface area contributed by atoms with Crippen LogP contribution in [0.25, 0.3) is 0 Å². The van der Waals surface area contributed by atoms with Gasteiger partial charge in [0.2, 0.25) is 0 Å². The van der Waals surface area contributed by atoms with Gasteiger partial charge in [0.05, 0.1) is 23.9 Å². The fourth-order valence-corrected chi connectivity index (χ4v) is 4.75. The van der Waals surface area contributed by atoms with E-state index in [0.717, 1.165) is 37.7 Å². The summed E-state index contributed by atoms with van der Waals surface area (Å²) in [4.78, 5) is 46.8. The highest BCUT2D eigenvalue weighted by molar-refractivity contribution is 6.22. The van der Waals surface area contributed by atoms with Gasteiger partial charge in [0.25, 0.3) is 17.7 Å². The van der Waals surface area contributed by atoms with Gasteiger partial charge in [-0.1, -0.05) is 25.3 Å². The molecule has 0 N–H and O–H groups in total. The Morgan fingerprint density at radius 2 is 1.82 bits per heavy atom. The third-order valence-corrected chi connectivity index (χ3v) is 6.42. The molecule has 0 unspecified atom stereocenters. The van der Waals surface area contributed by atoms with Crippen molar-refractivity contribution >= 4 is 17.7 Å². The fraction of sp³-hybridized carbons (Fsp3) is 0.308. The number of amides is 3. The largest absolute Gasteiger partial charge is 0.467 e. The van der Waals surface area contributed by atoms with Gasteiger partial charge in [-0.15, -0.1) is 0 Å². The summed E-state index contributed by atoms with van der Waals surface area (Å²) in [6.45, 7) is 0.615. The summed E-state index contributed by atoms with van der Waals surface area (Å²) in [5.74, 6) is -0.123. The number of nitrogens with zero attached hydrogens (tertiary/aromatic N) is 3. The Bertz CT molecular complexity index is 1170. The van der Waals surface area contributed by atoms with Gasteiger partial charge in [0, 0.05) is 30.5 Å². The van der Waals surface area contributed by atoms with E-state index in [-0.39, 0.29) is 30.3 Å². The molecule has 7 nitrogen and oxygen atoms in total. The maximum atomic E-state index is 13.5. The number of rotatable bonds is 6. The van der Waals surface area contributed by atoms with E-state index < -0.39 is 0 Å². The number of imide groups is 1. The Hall–Kier alpha value is -3.74. The van der Waals surface area contributed by atoms with E-state index >= 15 is 0 Å². The molecular formula is C26H25N3O4. The van der Waals surface area contributed by atoms with E-state index in [2.05, 4.69) is 4.98 Å². The zero-order chi connectivity index (χ0) is 22.8. The number of benzene rings is 1. The molecule has 1 aliphatic heterocycles. The minimum atomic E-state index is -0.290. The molecule has 168 valence electrons. The highest BCUT2D eigenvalue weighted by Crippen LogP contribution is 2.32. The second-order valence-electron chi connectivity index (χ2n) is 8.63. The molecule has 1 saturated carbocycles. The summed E-state index contributed by atoms with van der Waals surface area (Å²) >= 11 is 0. The molecule has 1 fully saturated rings. The topological polar surface area (TPSA) is 83.7 Å². The summed E-state index contributed by atoms with van der Waals surface area (Å²) in [5, 5.41) is 0. The fourth-order valence-electron chi connectivity index (χ4n) is 4.75. The van der Waals surface area contributed by atoms with Crippen LogP contribution in [0.3, 0.4) is 0 Å². The molecule has 0 spiro atoms. The van der Waals surface area contributed by atoms with Crippen LogP contribution in [0.2, 0.25) is 0 Å². The smallest absolute Gasteiger partial charge is 0.261 e. The molecule has 33 heavy (non-hydrogen) atoms. The number of aromatic nitrogens is 1. The number of fused-ring (bicyclic) bond motifs is 1. The second-order valence-corrected chi connectivity index (χ2v) is 8.63. The Kier molecular flexibility index (Phi) is 5.77. The third-order valence-electron chi connectivity index (χ3n) is 6.42. The minimum absolute atomic E-state index is 0.0497. The van der Waals surface area contributed by atoms with Crippen molar-refractivity contribution in [3.8, 4) is 0 Å². The first kappa shape index (κ1) is 21.1. The van der Waals surface area contributed by atoms with Gasteiger partial charge in [-0.2, -0.15) is 0 Å². The first-order chi connectivity index (χ1) is 16.1. The summed E-state index contributed by atoms with van der Waals surface area (Å²) in [6, 6.07) is 12.1. The van der Waals surface area contributed by atoms with Crippen molar-refractivity contribution < 1.29 is 18.8 Å². The van der Waals surface area contributed by atoms with Gasteiger partial charge in [-0.3, -0.25) is 24.3 Å². The Labute approximate surface area is 192 Å². The SMILES string of the molecule is O=C(c1ccc2c(c1)C(=O)N(C1CCCCC1)C2=O)N(Cc1cccnc1)Cc1ccco1. The van der Waals surface area contributed by atoms with Crippen LogP contribution in [0, 0.1) is 0 Å². The lowest BCUT2D eigenvalue weighted by Gasteiger charge is -2.29. The monoisotopic (exact) mass is 443 g/mol. The minimum Gasteiger partial charge on any atom is -0.467 e. The first-order valence-corrected chi connectivity index (χ1v) is 11.3. The lowest BCUT2D eigenvalue weighted by molar-refractivity contribution is 0.0548. The van der Waals surface area contributed by atoms with Crippen LogP contribution in [-0.2, 0) is 13.1 Å². The highest BCUT2D eigenvalue weighted by atomic mass is 16.3. The van der Waals surface area contributed by atoms with E-state index in [0.29, 0.717) is 29.0 Å². The average Bonchev–Trinajstić information content (AvgIpc) is 3.45. The van der Waals surface area contributed by atoms with Crippen molar-refractivity contribution in [2.24, 2.45) is 0 Å². The summed E-state index contributed by atoms with van der Waals surface area (Å²) < 4.78 is 5.46. The number of carbonyl (C=O) groups excluding carboxylic acids is 3. The van der Waals surface area contributed by atoms with Gasteiger partial charge in [0.15, 0.2) is 0 Å². The van der Waals surface area contributed by atoms with E-state index in [1.54, 1.807) is 47.8 Å². The van der Waals surface area contributed by atoms with Crippen LogP contribution in [-0.4, -0.2) is 38.5 Å². The molecule has 0 radical (unpaired) electrons. The van der Waals surface area contributed by atoms with Crippen LogP contribution >= 0.6 is 0 Å². The molecule has 0 saturated heterocycles. The van der Waals surface area contributed by atoms with E-state index in [1.165, 1.54) is 4.90 Å². The second kappa shape index (κ2) is 9.02. The number of furan rings is 1. The highest BCUT2D eigenvalue weighted by Gasteiger charge is 2.40. The Morgan fingerprint density at radius 1 is 1.00 bits per heavy atom. The lowest BCUT2D eigenvalue weighted by Crippen LogP contribution is -2.40. The predicted molar refractivity (Wildman–Crippen MR) is 120 cm³/mol. The third kappa shape index (κ3) is 4.18. The van der Waals surface area contributed by atoms with Crippen LogP contribution in [0.4, 0.5) is 0 Å². The molecule has 5 rings (SSSR count). The molecular weight excluding hydrogens is 418 g/mol. The molecule has 3 aromatic rings. The number of hydrogen-bond acceptors (Lipinski definition) is 5. The van der Waals surface area contributed by atoms with Crippen LogP contribution in [0.5, 0.6) is 0 Å². The molecule has 1 aliphatic carbocycles. The van der Waals surface area contributed by atoms with E-state index in [9.17, 15) is 14.4 Å². The summed E-state index contributed by atoms with van der Waals surface area (Å²) in [6.07, 6.45) is 9.86. The zero-order valence-corrected chi connectivity index (χ0v) is 18.3. The standard InChI is InChI=1S/C26H25N3O4/c30-24(28(17-21-9-5-13-33-21)16-18-6-4-12-27-15-18)19-10-11-22-23(14-19)26(32)29(25(22)31)20-7-2-1-3-8-20/h4-6,9-15,20H,1-3,7-8,16-17H2. The first-order valence-electron chi connectivity index (χ1n) is 11.3. The average molecular weight is 444 g/mol. The summed E-state index contributed by atoms with van der Waals surface area (Å²) in [7, 11) is 0. The number of pyridine rings is 1. The lowest BCUT2D eigenvalue weighted by atomic mass is 9.94. The van der Waals surface area contributed by atoms with Crippen molar-refractivity contribution in [1.82, 2.24) is 14.8 Å². The van der Waals surface area contributed by atoms with E-state index in [1.807, 2.05) is 18.2 Å². The Morgan fingerprint density at radius 3 is 2.55 bits per heavy atom. The molecule has 1 aromatic carbocycles. The normalized spacial score (nSPS) is 16.2. The van der Waals surface area contributed by atoms with Crippen LogP contribution in [0.1, 0.15) is 74.5 Å². The molecule has 3 heterocycles. The van der Waals surface area contributed by atoms with Gasteiger partial charge < -0.3 is 9.32 Å². The van der Waals surface area contributed by atoms with E-state index in [4.69, 9.17) is 4.42 Å². The molecule has 2 aromatic heterocycles. The van der Waals surface area contributed by atoms with Crippen LogP contribution in [0.15, 0.2) is 65.5 Å². The van der Waals surface area contributed by atoms with Gasteiger partial charge in [-0.05, 0) is 54.8 Å². The van der Waals surface area contributed by atoms with Gasteiger partial charge >= 0.3 is 0 Å². The Balaban J connectivity index is 1.42. The van der Waals surface area contributed by atoms with Gasteiger partial charge in [-0.25, -0.2) is 0 Å². The van der Waals surface area contributed by atoms with Crippen molar-refractivity contribution in [3.05, 3.63) is 89.1 Å². The molecule has 3 amide bonds. The van der Waals surface area contributed by atoms with Crippen molar-refractivity contribution in [3.63, 3.8) is 0 Å².